The van der Waals surface area contributed by atoms with E-state index in [1.807, 2.05) is 0 Å². The number of rotatable bonds is 5. The van der Waals surface area contributed by atoms with Gasteiger partial charge in [-0.05, 0) is 23.8 Å². The fourth-order valence-corrected chi connectivity index (χ4v) is 3.76. The van der Waals surface area contributed by atoms with E-state index in [9.17, 15) is 8.42 Å². The van der Waals surface area contributed by atoms with Crippen molar-refractivity contribution in [2.24, 2.45) is 0 Å². The van der Waals surface area contributed by atoms with Gasteiger partial charge in [0.1, 0.15) is 5.75 Å². The summed E-state index contributed by atoms with van der Waals surface area (Å²) in [5.41, 5.74) is 0.972. The van der Waals surface area contributed by atoms with E-state index < -0.39 is 10.0 Å². The second kappa shape index (κ2) is 6.31. The van der Waals surface area contributed by atoms with Crippen LogP contribution < -0.4 is 14.8 Å². The second-order valence-electron chi connectivity index (χ2n) is 5.36. The molecule has 0 spiro atoms. The summed E-state index contributed by atoms with van der Waals surface area (Å²) in [5.74, 6) is 0.801. The van der Waals surface area contributed by atoms with Gasteiger partial charge in [0, 0.05) is 45.7 Å². The van der Waals surface area contributed by atoms with Gasteiger partial charge in [-0.2, -0.15) is 0 Å². The molecule has 3 rings (SSSR count). The summed E-state index contributed by atoms with van der Waals surface area (Å²) in [6, 6.07) is 5.07. The van der Waals surface area contributed by atoms with Crippen molar-refractivity contribution in [1.82, 2.24) is 14.9 Å². The first-order valence-corrected chi connectivity index (χ1v) is 8.82. The summed E-state index contributed by atoms with van der Waals surface area (Å²) in [7, 11) is -3.43. The zero-order chi connectivity index (χ0) is 14.7. The van der Waals surface area contributed by atoms with E-state index in [-0.39, 0.29) is 0 Å². The third kappa shape index (κ3) is 3.55. The van der Waals surface area contributed by atoms with E-state index in [0.717, 1.165) is 50.5 Å². The molecule has 0 aliphatic carbocycles. The number of nitrogens with zero attached hydrogens (tertiary/aromatic N) is 1. The summed E-state index contributed by atoms with van der Waals surface area (Å²) >= 11 is 0. The lowest BCUT2D eigenvalue weighted by atomic mass is 10.2. The van der Waals surface area contributed by atoms with Crippen LogP contribution in [0.3, 0.4) is 0 Å². The first-order chi connectivity index (χ1) is 10.1. The fraction of sp³-hybridized carbons (Fsp3) is 0.571. The van der Waals surface area contributed by atoms with Crippen LogP contribution in [-0.4, -0.2) is 59.2 Å². The van der Waals surface area contributed by atoms with E-state index in [1.54, 1.807) is 18.2 Å². The maximum absolute atomic E-state index is 12.3. The second-order valence-corrected chi connectivity index (χ2v) is 7.12. The Bertz CT molecular complexity index is 597. The summed E-state index contributed by atoms with van der Waals surface area (Å²) in [6.45, 7) is 5.70. The Morgan fingerprint density at radius 1 is 1.29 bits per heavy atom. The number of ether oxygens (including phenoxy) is 1. The molecule has 21 heavy (non-hydrogen) atoms. The molecule has 0 unspecified atom stereocenters. The van der Waals surface area contributed by atoms with Crippen LogP contribution in [-0.2, 0) is 16.4 Å². The minimum absolute atomic E-state index is 0.326. The summed E-state index contributed by atoms with van der Waals surface area (Å²) in [4.78, 5) is 2.59. The van der Waals surface area contributed by atoms with Gasteiger partial charge in [-0.15, -0.1) is 0 Å². The van der Waals surface area contributed by atoms with Gasteiger partial charge in [0.05, 0.1) is 11.5 Å². The lowest BCUT2D eigenvalue weighted by Crippen LogP contribution is -2.46. The average Bonchev–Trinajstić information content (AvgIpc) is 2.95. The number of hydrogen-bond acceptors (Lipinski definition) is 5. The molecule has 116 valence electrons. The Morgan fingerprint density at radius 2 is 2.10 bits per heavy atom. The molecule has 6 nitrogen and oxygen atoms in total. The van der Waals surface area contributed by atoms with Crippen molar-refractivity contribution in [2.75, 3.05) is 45.9 Å². The van der Waals surface area contributed by atoms with Crippen molar-refractivity contribution in [1.29, 1.82) is 0 Å². The molecule has 2 aliphatic heterocycles. The quantitative estimate of drug-likeness (QED) is 0.788. The monoisotopic (exact) mass is 311 g/mol. The van der Waals surface area contributed by atoms with Crippen LogP contribution in [0.2, 0.25) is 0 Å². The van der Waals surface area contributed by atoms with Crippen molar-refractivity contribution < 1.29 is 13.2 Å². The molecule has 1 fully saturated rings. The number of sulfonamides is 1. The Balaban J connectivity index is 1.58. The topological polar surface area (TPSA) is 70.7 Å². The third-order valence-corrected chi connectivity index (χ3v) is 5.36. The third-order valence-electron chi connectivity index (χ3n) is 3.90. The zero-order valence-corrected chi connectivity index (χ0v) is 12.8. The average molecular weight is 311 g/mol. The maximum atomic E-state index is 12.3. The minimum atomic E-state index is -3.43. The predicted molar refractivity (Wildman–Crippen MR) is 80.1 cm³/mol. The van der Waals surface area contributed by atoms with E-state index in [2.05, 4.69) is 14.9 Å². The Kier molecular flexibility index (Phi) is 4.44. The van der Waals surface area contributed by atoms with E-state index in [4.69, 9.17) is 4.74 Å². The van der Waals surface area contributed by atoms with Crippen molar-refractivity contribution in [3.05, 3.63) is 23.8 Å². The molecule has 0 aromatic heterocycles. The van der Waals surface area contributed by atoms with Gasteiger partial charge in [0.15, 0.2) is 0 Å². The molecule has 0 amide bonds. The van der Waals surface area contributed by atoms with Crippen LogP contribution in [0.15, 0.2) is 23.1 Å². The van der Waals surface area contributed by atoms with Gasteiger partial charge in [0.2, 0.25) is 10.0 Å². The summed E-state index contributed by atoms with van der Waals surface area (Å²) in [5, 5.41) is 3.28. The Labute approximate surface area is 125 Å². The summed E-state index contributed by atoms with van der Waals surface area (Å²) in [6.07, 6.45) is 0.777. The molecule has 1 aromatic rings. The largest absolute Gasteiger partial charge is 0.493 e. The Morgan fingerprint density at radius 3 is 2.90 bits per heavy atom. The molecule has 2 aliphatic rings. The van der Waals surface area contributed by atoms with Gasteiger partial charge in [0.25, 0.3) is 0 Å². The number of fused-ring (bicyclic) bond motifs is 1. The van der Waals surface area contributed by atoms with E-state index in [1.165, 1.54) is 0 Å². The standard InChI is InChI=1S/C14H21N3O3S/c18-21(19,16-6-9-17-7-4-15-5-8-17)13-1-2-14-12(11-13)3-10-20-14/h1-2,11,15-16H,3-10H2. The molecule has 1 saturated heterocycles. The predicted octanol–water partition coefficient (Wildman–Crippen LogP) is -0.195. The highest BCUT2D eigenvalue weighted by Crippen LogP contribution is 2.27. The molecule has 0 radical (unpaired) electrons. The molecule has 2 heterocycles. The highest BCUT2D eigenvalue weighted by Gasteiger charge is 2.19. The van der Waals surface area contributed by atoms with Crippen molar-refractivity contribution in [3.63, 3.8) is 0 Å². The molecular weight excluding hydrogens is 290 g/mol. The lowest BCUT2D eigenvalue weighted by Gasteiger charge is -2.27. The van der Waals surface area contributed by atoms with Gasteiger partial charge in [-0.3, -0.25) is 4.90 Å². The highest BCUT2D eigenvalue weighted by molar-refractivity contribution is 7.89. The van der Waals surface area contributed by atoms with Crippen molar-refractivity contribution in [3.8, 4) is 5.75 Å². The van der Waals surface area contributed by atoms with Crippen LogP contribution >= 0.6 is 0 Å². The van der Waals surface area contributed by atoms with E-state index in [0.29, 0.717) is 18.0 Å². The lowest BCUT2D eigenvalue weighted by molar-refractivity contribution is 0.245. The van der Waals surface area contributed by atoms with E-state index >= 15 is 0 Å². The first-order valence-electron chi connectivity index (χ1n) is 7.34. The molecule has 2 N–H and O–H groups in total. The van der Waals surface area contributed by atoms with Crippen LogP contribution in [0, 0.1) is 0 Å². The van der Waals surface area contributed by atoms with Crippen LogP contribution in [0.25, 0.3) is 0 Å². The van der Waals surface area contributed by atoms with Gasteiger partial charge < -0.3 is 10.1 Å². The molecule has 0 bridgehead atoms. The number of piperazine rings is 1. The first kappa shape index (κ1) is 14.8. The molecule has 7 heteroatoms. The molecule has 0 atom stereocenters. The molecule has 1 aromatic carbocycles. The van der Waals surface area contributed by atoms with Crippen molar-refractivity contribution >= 4 is 10.0 Å². The molecular formula is C14H21N3O3S. The van der Waals surface area contributed by atoms with Gasteiger partial charge in [-0.25, -0.2) is 13.1 Å². The number of nitrogens with one attached hydrogen (secondary N) is 2. The summed E-state index contributed by atoms with van der Waals surface area (Å²) < 4.78 is 32.7. The van der Waals surface area contributed by atoms with Crippen LogP contribution in [0.5, 0.6) is 5.75 Å². The number of hydrogen-bond donors (Lipinski definition) is 2. The smallest absolute Gasteiger partial charge is 0.240 e. The maximum Gasteiger partial charge on any atom is 0.240 e. The van der Waals surface area contributed by atoms with Crippen molar-refractivity contribution in [2.45, 2.75) is 11.3 Å². The zero-order valence-electron chi connectivity index (χ0n) is 12.0. The highest BCUT2D eigenvalue weighted by atomic mass is 32.2. The fourth-order valence-electron chi connectivity index (χ4n) is 2.69. The SMILES string of the molecule is O=S(=O)(NCCN1CCNCC1)c1ccc2c(c1)CCO2. The van der Waals surface area contributed by atoms with Gasteiger partial charge in [-0.1, -0.05) is 0 Å². The van der Waals surface area contributed by atoms with Crippen LogP contribution in [0.1, 0.15) is 5.56 Å². The van der Waals surface area contributed by atoms with Crippen LogP contribution in [0.4, 0.5) is 0 Å². The van der Waals surface area contributed by atoms with Gasteiger partial charge >= 0.3 is 0 Å². The Hall–Kier alpha value is -1.15. The normalized spacial score (nSPS) is 19.2. The number of benzene rings is 1. The minimum Gasteiger partial charge on any atom is -0.493 e. The molecule has 0 saturated carbocycles.